The fraction of sp³-hybridized carbons (Fsp3) is 0.600. The molecule has 0 saturated carbocycles. The van der Waals surface area contributed by atoms with Crippen LogP contribution in [0.3, 0.4) is 0 Å². The fourth-order valence-corrected chi connectivity index (χ4v) is 3.01. The average Bonchev–Trinajstić information content (AvgIpc) is 2.88. The molecule has 2 N–H and O–H groups in total. The van der Waals surface area contributed by atoms with Crippen LogP contribution in [0.4, 0.5) is 0 Å². The number of hydrogen-bond acceptors (Lipinski definition) is 4. The zero-order chi connectivity index (χ0) is 10.8. The van der Waals surface area contributed by atoms with Gasteiger partial charge in [-0.1, -0.05) is 6.07 Å². The standard InChI is InChI=1S/C10H16BNO2S/c1-8(12-6-2-3-7-12)9-4-5-10(15-9)11(13)14/h4-5,8,13-14H,2-3,6-7H2,1H3/t8-/m0/s1. The molecule has 0 bridgehead atoms. The second kappa shape index (κ2) is 4.66. The van der Waals surface area contributed by atoms with Gasteiger partial charge in [0, 0.05) is 15.7 Å². The van der Waals surface area contributed by atoms with Gasteiger partial charge in [-0.2, -0.15) is 0 Å². The van der Waals surface area contributed by atoms with Crippen LogP contribution in [0.5, 0.6) is 0 Å². The van der Waals surface area contributed by atoms with Crippen LogP contribution in [-0.4, -0.2) is 35.2 Å². The Bertz CT molecular complexity index is 323. The first-order valence-electron chi connectivity index (χ1n) is 5.38. The van der Waals surface area contributed by atoms with Crippen LogP contribution >= 0.6 is 11.3 Å². The summed E-state index contributed by atoms with van der Waals surface area (Å²) in [5.41, 5.74) is 0. The largest absolute Gasteiger partial charge is 0.499 e. The summed E-state index contributed by atoms with van der Waals surface area (Å²) >= 11 is 1.49. The van der Waals surface area contributed by atoms with E-state index in [-0.39, 0.29) is 0 Å². The van der Waals surface area contributed by atoms with E-state index < -0.39 is 7.12 Å². The van der Waals surface area contributed by atoms with E-state index in [0.717, 1.165) is 13.1 Å². The van der Waals surface area contributed by atoms with Gasteiger partial charge < -0.3 is 10.0 Å². The topological polar surface area (TPSA) is 43.7 Å². The first-order chi connectivity index (χ1) is 7.18. The third-order valence-corrected chi connectivity index (χ3v) is 4.30. The maximum Gasteiger partial charge on any atom is 0.499 e. The average molecular weight is 225 g/mol. The van der Waals surface area contributed by atoms with Gasteiger partial charge in [-0.3, -0.25) is 4.90 Å². The molecule has 1 fully saturated rings. The monoisotopic (exact) mass is 225 g/mol. The summed E-state index contributed by atoms with van der Waals surface area (Å²) in [5, 5.41) is 18.1. The van der Waals surface area contributed by atoms with Crippen molar-refractivity contribution in [2.24, 2.45) is 0 Å². The molecule has 15 heavy (non-hydrogen) atoms. The Morgan fingerprint density at radius 3 is 2.53 bits per heavy atom. The third-order valence-electron chi connectivity index (χ3n) is 3.00. The van der Waals surface area contributed by atoms with E-state index in [2.05, 4.69) is 11.8 Å². The smallest absolute Gasteiger partial charge is 0.423 e. The number of likely N-dealkylation sites (tertiary alicyclic amines) is 1. The van der Waals surface area contributed by atoms with Crippen LogP contribution in [-0.2, 0) is 0 Å². The molecule has 0 unspecified atom stereocenters. The second-order valence-corrected chi connectivity index (χ2v) is 5.18. The number of hydrogen-bond donors (Lipinski definition) is 2. The number of thiophene rings is 1. The predicted molar refractivity (Wildman–Crippen MR) is 63.4 cm³/mol. The maximum absolute atomic E-state index is 9.04. The molecule has 0 radical (unpaired) electrons. The molecule has 1 aliphatic heterocycles. The van der Waals surface area contributed by atoms with E-state index in [1.807, 2.05) is 6.07 Å². The highest BCUT2D eigenvalue weighted by atomic mass is 32.1. The number of nitrogens with zero attached hydrogens (tertiary/aromatic N) is 1. The van der Waals surface area contributed by atoms with Crippen LogP contribution in [0.15, 0.2) is 12.1 Å². The van der Waals surface area contributed by atoms with Crippen molar-refractivity contribution in [1.82, 2.24) is 4.90 Å². The van der Waals surface area contributed by atoms with Crippen molar-refractivity contribution < 1.29 is 10.0 Å². The normalized spacial score (nSPS) is 19.4. The van der Waals surface area contributed by atoms with Crippen LogP contribution in [0.1, 0.15) is 30.7 Å². The van der Waals surface area contributed by atoms with E-state index in [9.17, 15) is 0 Å². The van der Waals surface area contributed by atoms with Gasteiger partial charge in [0.2, 0.25) is 0 Å². The summed E-state index contributed by atoms with van der Waals surface area (Å²) in [4.78, 5) is 3.67. The van der Waals surface area contributed by atoms with Gasteiger partial charge in [0.1, 0.15) is 0 Å². The van der Waals surface area contributed by atoms with E-state index in [0.29, 0.717) is 10.8 Å². The van der Waals surface area contributed by atoms with Crippen molar-refractivity contribution in [3.05, 3.63) is 17.0 Å². The molecule has 2 rings (SSSR count). The van der Waals surface area contributed by atoms with Crippen LogP contribution in [0.25, 0.3) is 0 Å². The predicted octanol–water partition coefficient (Wildman–Crippen LogP) is 0.585. The van der Waals surface area contributed by atoms with Gasteiger partial charge in [0.15, 0.2) is 0 Å². The Hall–Kier alpha value is -0.355. The van der Waals surface area contributed by atoms with E-state index in [1.54, 1.807) is 6.07 Å². The summed E-state index contributed by atoms with van der Waals surface area (Å²) in [5.74, 6) is 0. The first-order valence-corrected chi connectivity index (χ1v) is 6.20. The lowest BCUT2D eigenvalue weighted by Gasteiger charge is -2.22. The molecule has 82 valence electrons. The second-order valence-electron chi connectivity index (χ2n) is 4.03. The SMILES string of the molecule is C[C@@H](c1ccc(B(O)O)s1)N1CCCC1. The zero-order valence-electron chi connectivity index (χ0n) is 8.89. The molecule has 5 heteroatoms. The van der Waals surface area contributed by atoms with Gasteiger partial charge in [0.25, 0.3) is 0 Å². The Morgan fingerprint density at radius 2 is 2.00 bits per heavy atom. The highest BCUT2D eigenvalue weighted by Gasteiger charge is 2.22. The van der Waals surface area contributed by atoms with Gasteiger partial charge in [-0.15, -0.1) is 11.3 Å². The van der Waals surface area contributed by atoms with Crippen LogP contribution < -0.4 is 4.78 Å². The van der Waals surface area contributed by atoms with Gasteiger partial charge in [-0.05, 0) is 38.9 Å². The fourth-order valence-electron chi connectivity index (χ4n) is 2.04. The lowest BCUT2D eigenvalue weighted by Crippen LogP contribution is -2.26. The molecule has 1 aromatic rings. The van der Waals surface area contributed by atoms with Crippen LogP contribution in [0.2, 0.25) is 0 Å². The molecule has 0 aliphatic carbocycles. The van der Waals surface area contributed by atoms with Crippen molar-refractivity contribution in [3.63, 3.8) is 0 Å². The molecule has 2 heterocycles. The highest BCUT2D eigenvalue weighted by Crippen LogP contribution is 2.26. The Morgan fingerprint density at radius 1 is 1.33 bits per heavy atom. The molecule has 3 nitrogen and oxygen atoms in total. The van der Waals surface area contributed by atoms with Gasteiger partial charge >= 0.3 is 7.12 Å². The van der Waals surface area contributed by atoms with Gasteiger partial charge in [-0.25, -0.2) is 0 Å². The highest BCUT2D eigenvalue weighted by molar-refractivity contribution is 7.22. The molecule has 1 aromatic heterocycles. The Balaban J connectivity index is 2.07. The molecule has 1 aliphatic rings. The first kappa shape index (κ1) is 11.1. The van der Waals surface area contributed by atoms with Crippen molar-refractivity contribution in [1.29, 1.82) is 0 Å². The minimum atomic E-state index is -1.32. The Kier molecular flexibility index (Phi) is 3.46. The molecule has 1 saturated heterocycles. The summed E-state index contributed by atoms with van der Waals surface area (Å²) in [6.45, 7) is 4.51. The lowest BCUT2D eigenvalue weighted by atomic mass is 9.90. The molecule has 0 spiro atoms. The maximum atomic E-state index is 9.04. The van der Waals surface area contributed by atoms with Crippen molar-refractivity contribution in [2.75, 3.05) is 13.1 Å². The molecule has 1 atom stereocenters. The Labute approximate surface area is 94.5 Å². The minimum Gasteiger partial charge on any atom is -0.423 e. The van der Waals surface area contributed by atoms with Crippen molar-refractivity contribution >= 4 is 23.2 Å². The lowest BCUT2D eigenvalue weighted by molar-refractivity contribution is 0.267. The summed E-state index contributed by atoms with van der Waals surface area (Å²) in [6.07, 6.45) is 2.57. The van der Waals surface area contributed by atoms with E-state index >= 15 is 0 Å². The molecular weight excluding hydrogens is 209 g/mol. The van der Waals surface area contributed by atoms with E-state index in [1.165, 1.54) is 29.1 Å². The van der Waals surface area contributed by atoms with Crippen LogP contribution in [0, 0.1) is 0 Å². The zero-order valence-corrected chi connectivity index (χ0v) is 9.70. The van der Waals surface area contributed by atoms with Crippen molar-refractivity contribution in [2.45, 2.75) is 25.8 Å². The summed E-state index contributed by atoms with van der Waals surface area (Å²) < 4.78 is 0.635. The molecule has 0 aromatic carbocycles. The van der Waals surface area contributed by atoms with Crippen molar-refractivity contribution in [3.8, 4) is 0 Å². The minimum absolute atomic E-state index is 0.407. The van der Waals surface area contributed by atoms with Gasteiger partial charge in [0.05, 0.1) is 0 Å². The van der Waals surface area contributed by atoms with E-state index in [4.69, 9.17) is 10.0 Å². The summed E-state index contributed by atoms with van der Waals surface area (Å²) in [6, 6.07) is 4.21. The molecule has 0 amide bonds. The third kappa shape index (κ3) is 2.42. The molecular formula is C10H16BNO2S. The number of rotatable bonds is 3. The summed E-state index contributed by atoms with van der Waals surface area (Å²) in [7, 11) is -1.32. The quantitative estimate of drug-likeness (QED) is 0.740.